The van der Waals surface area contributed by atoms with Crippen molar-refractivity contribution in [2.45, 2.75) is 39.5 Å². The summed E-state index contributed by atoms with van der Waals surface area (Å²) in [6.07, 6.45) is -4.97. The predicted octanol–water partition coefficient (Wildman–Crippen LogP) is 2.26. The number of nitrogens with zero attached hydrogens (tertiary/aromatic N) is 1. The Kier molecular flexibility index (Phi) is 5.14. The molecule has 1 aliphatic heterocycles. The van der Waals surface area contributed by atoms with Crippen LogP contribution in [0.1, 0.15) is 27.2 Å². The van der Waals surface area contributed by atoms with Gasteiger partial charge < -0.3 is 4.74 Å². The first-order valence-corrected chi connectivity index (χ1v) is 8.08. The molecular formula is C12H22F3NO3S. The minimum Gasteiger partial charge on any atom is -0.381 e. The molecule has 0 unspecified atom stereocenters. The fourth-order valence-electron chi connectivity index (χ4n) is 2.62. The van der Waals surface area contributed by atoms with Crippen LogP contribution >= 0.6 is 0 Å². The predicted molar refractivity (Wildman–Crippen MR) is 69.8 cm³/mol. The molecule has 1 heterocycles. The highest BCUT2D eigenvalue weighted by molar-refractivity contribution is 7.89. The first kappa shape index (κ1) is 17.7. The van der Waals surface area contributed by atoms with Crippen LogP contribution in [0, 0.1) is 11.3 Å². The van der Waals surface area contributed by atoms with Crippen molar-refractivity contribution in [2.24, 2.45) is 11.3 Å². The third-order valence-corrected chi connectivity index (χ3v) is 5.82. The van der Waals surface area contributed by atoms with E-state index >= 15 is 0 Å². The van der Waals surface area contributed by atoms with E-state index in [0.29, 0.717) is 0 Å². The molecule has 0 aromatic heterocycles. The Morgan fingerprint density at radius 1 is 1.40 bits per heavy atom. The zero-order valence-electron chi connectivity index (χ0n) is 12.2. The van der Waals surface area contributed by atoms with Crippen molar-refractivity contribution >= 4 is 10.0 Å². The number of rotatable bonds is 4. The molecule has 0 N–H and O–H groups in total. The fraction of sp³-hybridized carbons (Fsp3) is 1.00. The Morgan fingerprint density at radius 3 is 2.35 bits per heavy atom. The van der Waals surface area contributed by atoms with Crippen LogP contribution < -0.4 is 0 Å². The summed E-state index contributed by atoms with van der Waals surface area (Å²) >= 11 is 0. The minimum absolute atomic E-state index is 0.0909. The van der Waals surface area contributed by atoms with E-state index in [1.807, 2.05) is 0 Å². The number of piperidine rings is 1. The summed E-state index contributed by atoms with van der Waals surface area (Å²) < 4.78 is 69.2. The average Bonchev–Trinajstić information content (AvgIpc) is 2.24. The summed E-state index contributed by atoms with van der Waals surface area (Å²) in [6.45, 7) is 4.34. The normalized spacial score (nSPS) is 26.4. The highest BCUT2D eigenvalue weighted by Crippen LogP contribution is 2.45. The lowest BCUT2D eigenvalue weighted by atomic mass is 9.74. The summed E-state index contributed by atoms with van der Waals surface area (Å²) in [5.74, 6) is -1.68. The van der Waals surface area contributed by atoms with Gasteiger partial charge in [0.25, 0.3) is 0 Å². The van der Waals surface area contributed by atoms with Crippen LogP contribution in [0.25, 0.3) is 0 Å². The van der Waals surface area contributed by atoms with Crippen molar-refractivity contribution < 1.29 is 26.3 Å². The highest BCUT2D eigenvalue weighted by Gasteiger charge is 2.52. The molecule has 0 amide bonds. The molecule has 0 aliphatic carbocycles. The summed E-state index contributed by atoms with van der Waals surface area (Å²) in [5.41, 5.74) is -1.13. The van der Waals surface area contributed by atoms with Crippen LogP contribution in [0.15, 0.2) is 0 Å². The van der Waals surface area contributed by atoms with Crippen molar-refractivity contribution in [3.05, 3.63) is 0 Å². The summed E-state index contributed by atoms with van der Waals surface area (Å²) in [6, 6.07) is 0. The second-order valence-corrected chi connectivity index (χ2v) is 8.04. The second kappa shape index (κ2) is 5.81. The van der Waals surface area contributed by atoms with Gasteiger partial charge in [-0.2, -0.15) is 13.2 Å². The van der Waals surface area contributed by atoms with E-state index in [-0.39, 0.29) is 25.3 Å². The number of alkyl halides is 3. The molecule has 1 aliphatic rings. The molecule has 0 bridgehead atoms. The molecule has 4 nitrogen and oxygen atoms in total. The van der Waals surface area contributed by atoms with E-state index in [1.54, 1.807) is 6.92 Å². The smallest absolute Gasteiger partial charge is 0.381 e. The van der Waals surface area contributed by atoms with E-state index in [9.17, 15) is 21.6 Å². The third kappa shape index (κ3) is 4.08. The molecule has 1 fully saturated rings. The van der Waals surface area contributed by atoms with Gasteiger partial charge in [-0.15, -0.1) is 0 Å². The van der Waals surface area contributed by atoms with Crippen LogP contribution in [-0.2, 0) is 14.8 Å². The molecule has 1 saturated heterocycles. The SMILES string of the molecule is CO[C@@H](C)CS(=O)(=O)N1CC[C@@H](C(F)(F)F)C(C)(C)C1. The zero-order valence-corrected chi connectivity index (χ0v) is 13.0. The average molecular weight is 317 g/mol. The van der Waals surface area contributed by atoms with E-state index in [0.717, 1.165) is 4.31 Å². The van der Waals surface area contributed by atoms with Gasteiger partial charge in [-0.25, -0.2) is 12.7 Å². The van der Waals surface area contributed by atoms with Crippen LogP contribution in [0.4, 0.5) is 13.2 Å². The van der Waals surface area contributed by atoms with Crippen molar-refractivity contribution in [3.63, 3.8) is 0 Å². The van der Waals surface area contributed by atoms with Gasteiger partial charge >= 0.3 is 6.18 Å². The number of ether oxygens (including phenoxy) is 1. The maximum atomic E-state index is 12.9. The lowest BCUT2D eigenvalue weighted by Gasteiger charge is -2.44. The van der Waals surface area contributed by atoms with Crippen LogP contribution in [0.2, 0.25) is 0 Å². The zero-order chi connectivity index (χ0) is 15.8. The van der Waals surface area contributed by atoms with Gasteiger partial charge in [0.1, 0.15) is 0 Å². The molecule has 20 heavy (non-hydrogen) atoms. The maximum Gasteiger partial charge on any atom is 0.392 e. The first-order valence-electron chi connectivity index (χ1n) is 6.47. The van der Waals surface area contributed by atoms with Gasteiger partial charge in [0, 0.05) is 20.2 Å². The molecule has 0 aromatic carbocycles. The van der Waals surface area contributed by atoms with E-state index in [1.165, 1.54) is 21.0 Å². The molecule has 2 atom stereocenters. The monoisotopic (exact) mass is 317 g/mol. The first-order chi connectivity index (χ1) is 8.90. The summed E-state index contributed by atoms with van der Waals surface area (Å²) in [7, 11) is -2.19. The highest BCUT2D eigenvalue weighted by atomic mass is 32.2. The summed E-state index contributed by atoms with van der Waals surface area (Å²) in [5, 5.41) is 0. The Bertz CT molecular complexity index is 434. The molecule has 0 radical (unpaired) electrons. The molecule has 0 saturated carbocycles. The molecule has 8 heteroatoms. The minimum atomic E-state index is -4.29. The number of halogens is 3. The third-order valence-electron chi connectivity index (χ3n) is 3.83. The van der Waals surface area contributed by atoms with Gasteiger partial charge in [-0.05, 0) is 18.8 Å². The Labute approximate surface area is 118 Å². The van der Waals surface area contributed by atoms with Gasteiger partial charge in [-0.3, -0.25) is 0 Å². The number of hydrogen-bond donors (Lipinski definition) is 0. The van der Waals surface area contributed by atoms with Gasteiger partial charge in [0.2, 0.25) is 10.0 Å². The molecule has 1 rings (SSSR count). The van der Waals surface area contributed by atoms with E-state index < -0.39 is 33.6 Å². The topological polar surface area (TPSA) is 46.6 Å². The molecule has 0 spiro atoms. The number of sulfonamides is 1. The quantitative estimate of drug-likeness (QED) is 0.799. The van der Waals surface area contributed by atoms with Crippen molar-refractivity contribution in [1.29, 1.82) is 0 Å². The number of methoxy groups -OCH3 is 1. The second-order valence-electron chi connectivity index (χ2n) is 6.03. The van der Waals surface area contributed by atoms with Crippen molar-refractivity contribution in [3.8, 4) is 0 Å². The van der Waals surface area contributed by atoms with Gasteiger partial charge in [0.05, 0.1) is 17.8 Å². The maximum absolute atomic E-state index is 12.9. The van der Waals surface area contributed by atoms with Gasteiger partial charge in [0.15, 0.2) is 0 Å². The van der Waals surface area contributed by atoms with Crippen LogP contribution in [0.3, 0.4) is 0 Å². The van der Waals surface area contributed by atoms with E-state index in [2.05, 4.69) is 0 Å². The number of hydrogen-bond acceptors (Lipinski definition) is 3. The fourth-order valence-corrected chi connectivity index (χ4v) is 4.47. The van der Waals surface area contributed by atoms with E-state index in [4.69, 9.17) is 4.74 Å². The largest absolute Gasteiger partial charge is 0.392 e. The Balaban J connectivity index is 2.85. The Hall–Kier alpha value is -0.340. The molecule has 0 aromatic rings. The lowest BCUT2D eigenvalue weighted by Crippen LogP contribution is -2.53. The Morgan fingerprint density at radius 2 is 1.95 bits per heavy atom. The van der Waals surface area contributed by atoms with Crippen molar-refractivity contribution in [1.82, 2.24) is 4.31 Å². The van der Waals surface area contributed by atoms with Crippen molar-refractivity contribution in [2.75, 3.05) is 26.0 Å². The molecule has 120 valence electrons. The van der Waals surface area contributed by atoms with Crippen LogP contribution in [-0.4, -0.2) is 51.0 Å². The lowest BCUT2D eigenvalue weighted by molar-refractivity contribution is -0.213. The standard InChI is InChI=1S/C12H22F3NO3S/c1-9(19-4)7-20(17,18)16-6-5-10(12(13,14)15)11(2,3)8-16/h9-10H,5-8H2,1-4H3/t9-,10+/m0/s1. The molecular weight excluding hydrogens is 295 g/mol. The summed E-state index contributed by atoms with van der Waals surface area (Å²) in [4.78, 5) is 0. The van der Waals surface area contributed by atoms with Crippen LogP contribution in [0.5, 0.6) is 0 Å². The van der Waals surface area contributed by atoms with Gasteiger partial charge in [-0.1, -0.05) is 13.8 Å².